The Morgan fingerprint density at radius 1 is 0.889 bits per heavy atom. The van der Waals surface area contributed by atoms with E-state index in [4.69, 9.17) is 0 Å². The molecule has 2 aromatic carbocycles. The van der Waals surface area contributed by atoms with Gasteiger partial charge in [-0.1, -0.05) is 12.1 Å². The Morgan fingerprint density at radius 2 is 1.37 bits per heavy atom. The van der Waals surface area contributed by atoms with Gasteiger partial charge in [0.05, 0.1) is 38.3 Å². The summed E-state index contributed by atoms with van der Waals surface area (Å²) in [4.78, 5) is 30.8. The van der Waals surface area contributed by atoms with E-state index >= 15 is 0 Å². The first kappa shape index (κ1) is 17.3. The van der Waals surface area contributed by atoms with Gasteiger partial charge in [-0.05, 0) is 12.1 Å². The van der Waals surface area contributed by atoms with E-state index in [2.05, 4.69) is 10.6 Å². The number of nitrogens with one attached hydrogen (secondary N) is 2. The van der Waals surface area contributed by atoms with Crippen LogP contribution in [0.1, 0.15) is 5.56 Å². The van der Waals surface area contributed by atoms with Gasteiger partial charge in [-0.15, -0.1) is 0 Å². The Hall–Kier alpha value is -4.53. The molecule has 0 atom stereocenters. The Balaban J connectivity index is 2.31. The van der Waals surface area contributed by atoms with E-state index < -0.39 is 43.0 Å². The van der Waals surface area contributed by atoms with Crippen molar-refractivity contribution in [1.82, 2.24) is 0 Å². The van der Waals surface area contributed by atoms with Crippen molar-refractivity contribution >= 4 is 34.0 Å². The third-order valence-electron chi connectivity index (χ3n) is 3.74. The Morgan fingerprint density at radius 3 is 1.74 bits per heavy atom. The first-order chi connectivity index (χ1) is 12.8. The number of nitriles is 1. The number of non-ortho nitro benzene ring substituents is 1. The van der Waals surface area contributed by atoms with Crippen LogP contribution in [-0.4, -0.2) is 14.8 Å². The maximum Gasteiger partial charge on any atom is 0.291 e. The largest absolute Gasteiger partial charge is 0.339 e. The van der Waals surface area contributed by atoms with Crippen molar-refractivity contribution in [2.24, 2.45) is 0 Å². The molecule has 0 saturated carbocycles. The summed E-state index contributed by atoms with van der Waals surface area (Å²) in [7, 11) is 0. The van der Waals surface area contributed by atoms with Crippen molar-refractivity contribution in [2.45, 2.75) is 0 Å². The molecular weight excluding hydrogens is 360 g/mol. The number of nitro benzene ring substituents is 3. The van der Waals surface area contributed by atoms with Gasteiger partial charge in [0.2, 0.25) is 0 Å². The van der Waals surface area contributed by atoms with Crippen molar-refractivity contribution < 1.29 is 14.8 Å². The molecule has 0 aliphatic carbocycles. The van der Waals surface area contributed by atoms with Crippen LogP contribution in [-0.2, 0) is 0 Å². The van der Waals surface area contributed by atoms with Crippen LogP contribution >= 0.6 is 0 Å². The van der Waals surface area contributed by atoms with E-state index in [-0.39, 0.29) is 5.82 Å². The molecule has 0 spiro atoms. The Bertz CT molecular complexity index is 1020. The lowest BCUT2D eigenvalue weighted by atomic mass is 10.0. The number of anilines is 2. The van der Waals surface area contributed by atoms with E-state index in [0.717, 1.165) is 0 Å². The summed E-state index contributed by atoms with van der Waals surface area (Å²) in [5, 5.41) is 49.0. The second-order valence-electron chi connectivity index (χ2n) is 5.29. The van der Waals surface area contributed by atoms with Crippen LogP contribution in [0.4, 0.5) is 28.4 Å². The predicted molar refractivity (Wildman–Crippen MR) is 92.6 cm³/mol. The van der Waals surface area contributed by atoms with E-state index in [9.17, 15) is 35.6 Å². The van der Waals surface area contributed by atoms with E-state index in [1.165, 1.54) is 0 Å². The number of rotatable bonds is 4. The number of fused-ring (bicyclic) bond motifs is 1. The van der Waals surface area contributed by atoms with Crippen LogP contribution in [0.15, 0.2) is 42.2 Å². The minimum atomic E-state index is -1.00. The molecule has 0 bridgehead atoms. The molecule has 0 unspecified atom stereocenters. The molecule has 0 saturated heterocycles. The summed E-state index contributed by atoms with van der Waals surface area (Å²) in [5.74, 6) is -0.00115. The summed E-state index contributed by atoms with van der Waals surface area (Å²) in [6.45, 7) is 0. The van der Waals surface area contributed by atoms with Crippen LogP contribution in [0.25, 0.3) is 5.57 Å². The van der Waals surface area contributed by atoms with Crippen molar-refractivity contribution in [1.29, 1.82) is 5.26 Å². The van der Waals surface area contributed by atoms with E-state index in [1.54, 1.807) is 30.3 Å². The standard InChI is InChI=1S/C15H8N6O6/c16-7-9(15-17-10-3-1-2-4-11(10)18-15)14-12(20(24)25)5-8(19(22)23)6-13(14)21(26)27/h1-6,17-18H. The number of hydrogen-bond acceptors (Lipinski definition) is 9. The van der Waals surface area contributed by atoms with Gasteiger partial charge in [-0.25, -0.2) is 0 Å². The normalized spacial score (nSPS) is 11.6. The monoisotopic (exact) mass is 368 g/mol. The zero-order chi connectivity index (χ0) is 19.7. The van der Waals surface area contributed by atoms with Crippen LogP contribution in [0.2, 0.25) is 0 Å². The first-order valence-electron chi connectivity index (χ1n) is 7.22. The van der Waals surface area contributed by atoms with Gasteiger partial charge in [0.15, 0.2) is 5.56 Å². The molecule has 1 aliphatic heterocycles. The molecule has 12 nitrogen and oxygen atoms in total. The second kappa shape index (κ2) is 6.41. The highest BCUT2D eigenvalue weighted by Crippen LogP contribution is 2.41. The molecule has 1 heterocycles. The molecule has 3 rings (SSSR count). The molecule has 0 fully saturated rings. The highest BCUT2D eigenvalue weighted by Gasteiger charge is 2.35. The number of allylic oxidation sites excluding steroid dienone is 1. The number of para-hydroxylation sites is 2. The SMILES string of the molecule is N#CC(=C1Nc2ccccc2N1)c1c([N+](=O)[O-])cc([N+](=O)[O-])cc1[N+](=O)[O-]. The second-order valence-corrected chi connectivity index (χ2v) is 5.29. The van der Waals surface area contributed by atoms with Gasteiger partial charge in [-0.2, -0.15) is 5.26 Å². The van der Waals surface area contributed by atoms with Gasteiger partial charge >= 0.3 is 0 Å². The lowest BCUT2D eigenvalue weighted by Crippen LogP contribution is -2.08. The van der Waals surface area contributed by atoms with Gasteiger partial charge in [0.1, 0.15) is 17.5 Å². The fourth-order valence-electron chi connectivity index (χ4n) is 2.61. The number of nitrogens with zero attached hydrogens (tertiary/aromatic N) is 4. The summed E-state index contributed by atoms with van der Waals surface area (Å²) >= 11 is 0. The zero-order valence-corrected chi connectivity index (χ0v) is 13.2. The minimum Gasteiger partial charge on any atom is -0.339 e. The maximum atomic E-state index is 11.4. The summed E-state index contributed by atoms with van der Waals surface area (Å²) < 4.78 is 0. The molecule has 0 radical (unpaired) electrons. The van der Waals surface area contributed by atoms with Gasteiger partial charge in [-0.3, -0.25) is 30.3 Å². The average molecular weight is 368 g/mol. The number of benzene rings is 2. The molecule has 1 aliphatic rings. The van der Waals surface area contributed by atoms with Gasteiger partial charge in [0, 0.05) is 0 Å². The molecule has 2 N–H and O–H groups in total. The van der Waals surface area contributed by atoms with Crippen molar-refractivity contribution in [3.63, 3.8) is 0 Å². The molecule has 12 heteroatoms. The molecule has 0 aromatic heterocycles. The smallest absolute Gasteiger partial charge is 0.291 e. The highest BCUT2D eigenvalue weighted by atomic mass is 16.6. The lowest BCUT2D eigenvalue weighted by molar-refractivity contribution is -0.403. The predicted octanol–water partition coefficient (Wildman–Crippen LogP) is 3.14. The average Bonchev–Trinajstić information content (AvgIpc) is 3.05. The quantitative estimate of drug-likeness (QED) is 0.466. The topological polar surface area (TPSA) is 177 Å². The summed E-state index contributed by atoms with van der Waals surface area (Å²) in [5.41, 5.74) is -2.57. The van der Waals surface area contributed by atoms with Crippen molar-refractivity contribution in [3.8, 4) is 6.07 Å². The molecular formula is C15H8N6O6. The summed E-state index contributed by atoms with van der Waals surface area (Å²) in [6.07, 6.45) is 0. The minimum absolute atomic E-state index is 0.00115. The van der Waals surface area contributed by atoms with Crippen molar-refractivity contribution in [2.75, 3.05) is 10.6 Å². The van der Waals surface area contributed by atoms with E-state index in [1.807, 2.05) is 0 Å². The van der Waals surface area contributed by atoms with Crippen LogP contribution in [0.3, 0.4) is 0 Å². The van der Waals surface area contributed by atoms with Crippen molar-refractivity contribution in [3.05, 3.63) is 78.1 Å². The fourth-order valence-corrected chi connectivity index (χ4v) is 2.61. The van der Waals surface area contributed by atoms with Gasteiger partial charge < -0.3 is 10.6 Å². The van der Waals surface area contributed by atoms with Crippen LogP contribution in [0, 0.1) is 41.7 Å². The third kappa shape index (κ3) is 2.96. The highest BCUT2D eigenvalue weighted by molar-refractivity contribution is 5.95. The summed E-state index contributed by atoms with van der Waals surface area (Å²) in [6, 6.07) is 9.64. The first-order valence-corrected chi connectivity index (χ1v) is 7.22. The Kier molecular flexibility index (Phi) is 4.11. The number of nitro groups is 3. The maximum absolute atomic E-state index is 11.4. The molecule has 27 heavy (non-hydrogen) atoms. The molecule has 2 aromatic rings. The number of hydrogen-bond donors (Lipinski definition) is 2. The van der Waals surface area contributed by atoms with Gasteiger partial charge in [0.25, 0.3) is 17.1 Å². The third-order valence-corrected chi connectivity index (χ3v) is 3.74. The van der Waals surface area contributed by atoms with Crippen LogP contribution < -0.4 is 10.6 Å². The molecule has 0 amide bonds. The fraction of sp³-hybridized carbons (Fsp3) is 0. The Labute approximate surface area is 149 Å². The molecule has 134 valence electrons. The van der Waals surface area contributed by atoms with Crippen LogP contribution in [0.5, 0.6) is 0 Å². The van der Waals surface area contributed by atoms with E-state index in [0.29, 0.717) is 23.5 Å². The lowest BCUT2D eigenvalue weighted by Gasteiger charge is -2.07. The zero-order valence-electron chi connectivity index (χ0n) is 13.2.